The van der Waals surface area contributed by atoms with Crippen molar-refractivity contribution in [3.63, 3.8) is 0 Å². The molecule has 0 radical (unpaired) electrons. The normalized spacial score (nSPS) is 17.8. The van der Waals surface area contributed by atoms with Gasteiger partial charge >= 0.3 is 0 Å². The monoisotopic (exact) mass is 534 g/mol. The Balaban J connectivity index is 1.25. The molecule has 2 aromatic carbocycles. The minimum Gasteiger partial charge on any atom is -0.369 e. The van der Waals surface area contributed by atoms with Crippen molar-refractivity contribution in [2.75, 3.05) is 50.7 Å². The standard InChI is InChI=1S/C26H30N8O3S/c1-16-3-6-22(17(2)11-16)38(37)26-24-28-25(36)20-5-4-19(12-21(20)34(24)30-29-26)32-9-7-31(8-10-32)15-23(35)33-13-18(27)14-33/h3-6,11-12,18,30H,7-10,13-15,27H2,1-2H3. The van der Waals surface area contributed by atoms with Gasteiger partial charge < -0.3 is 15.5 Å². The van der Waals surface area contributed by atoms with Crippen LogP contribution in [0.3, 0.4) is 0 Å². The number of nitrogens with zero attached hydrogens (tertiary/aromatic N) is 6. The number of anilines is 1. The van der Waals surface area contributed by atoms with E-state index in [0.717, 1.165) is 43.0 Å². The highest BCUT2D eigenvalue weighted by molar-refractivity contribution is 7.85. The molecule has 38 heavy (non-hydrogen) atoms. The zero-order chi connectivity index (χ0) is 26.6. The van der Waals surface area contributed by atoms with Crippen LogP contribution in [-0.4, -0.2) is 91.6 Å². The highest BCUT2D eigenvalue weighted by Crippen LogP contribution is 2.25. The quantitative estimate of drug-likeness (QED) is 0.381. The number of nitrogens with one attached hydrogen (secondary N) is 1. The van der Waals surface area contributed by atoms with Gasteiger partial charge in [-0.1, -0.05) is 17.7 Å². The van der Waals surface area contributed by atoms with Crippen molar-refractivity contribution in [1.82, 2.24) is 29.6 Å². The molecule has 0 saturated carbocycles. The third-order valence-corrected chi connectivity index (χ3v) is 8.86. The molecule has 198 valence electrons. The van der Waals surface area contributed by atoms with Crippen LogP contribution in [0.15, 0.2) is 51.1 Å². The smallest absolute Gasteiger partial charge is 0.281 e. The molecular formula is C26H30N8O3S. The van der Waals surface area contributed by atoms with E-state index in [-0.39, 0.29) is 28.2 Å². The van der Waals surface area contributed by atoms with E-state index in [1.165, 1.54) is 0 Å². The van der Waals surface area contributed by atoms with Gasteiger partial charge in [-0.3, -0.25) is 14.5 Å². The predicted molar refractivity (Wildman–Crippen MR) is 145 cm³/mol. The molecule has 3 N–H and O–H groups in total. The molecule has 2 saturated heterocycles. The van der Waals surface area contributed by atoms with E-state index in [4.69, 9.17) is 5.73 Å². The Morgan fingerprint density at radius 3 is 2.58 bits per heavy atom. The molecule has 0 aliphatic carbocycles. The summed E-state index contributed by atoms with van der Waals surface area (Å²) < 4.78 is 15.1. The molecule has 1 amide bonds. The number of aromatic amines is 1. The summed E-state index contributed by atoms with van der Waals surface area (Å²) >= 11 is 0. The minimum absolute atomic E-state index is 0.107. The first-order valence-corrected chi connectivity index (χ1v) is 13.8. The molecule has 0 spiro atoms. The maximum absolute atomic E-state index is 13.4. The Kier molecular flexibility index (Phi) is 6.25. The lowest BCUT2D eigenvalue weighted by Crippen LogP contribution is -2.60. The van der Waals surface area contributed by atoms with E-state index in [1.54, 1.807) is 10.6 Å². The van der Waals surface area contributed by atoms with Crippen LogP contribution < -0.4 is 16.2 Å². The molecule has 6 rings (SSSR count). The van der Waals surface area contributed by atoms with E-state index in [2.05, 4.69) is 25.1 Å². The van der Waals surface area contributed by atoms with Crippen molar-refractivity contribution in [2.24, 2.45) is 5.73 Å². The van der Waals surface area contributed by atoms with E-state index < -0.39 is 10.8 Å². The predicted octanol–water partition coefficient (Wildman–Crippen LogP) is 0.646. The second kappa shape index (κ2) is 9.61. The topological polar surface area (TPSA) is 133 Å². The Hall–Kier alpha value is -3.61. The Morgan fingerprint density at radius 2 is 1.87 bits per heavy atom. The Bertz CT molecular complexity index is 1630. The molecule has 2 aliphatic heterocycles. The van der Waals surface area contributed by atoms with E-state index in [9.17, 15) is 13.8 Å². The van der Waals surface area contributed by atoms with Crippen LogP contribution in [0.5, 0.6) is 0 Å². The number of carbonyl (C=O) groups is 1. The fourth-order valence-electron chi connectivity index (χ4n) is 5.20. The maximum atomic E-state index is 13.4. The SMILES string of the molecule is Cc1ccc(S(=O)c2n[nH]n3c2nc(=O)c2ccc(N4CCN(CC(=O)N5CC(N)C5)CC4)cc23)c(C)c1. The van der Waals surface area contributed by atoms with Crippen LogP contribution in [0.4, 0.5) is 5.69 Å². The number of hydrogen-bond donors (Lipinski definition) is 2. The largest absolute Gasteiger partial charge is 0.369 e. The first-order chi connectivity index (χ1) is 18.3. The van der Waals surface area contributed by atoms with Crippen LogP contribution in [-0.2, 0) is 15.6 Å². The summed E-state index contributed by atoms with van der Waals surface area (Å²) in [7, 11) is -1.60. The summed E-state index contributed by atoms with van der Waals surface area (Å²) in [6.07, 6.45) is 0. The van der Waals surface area contributed by atoms with Gasteiger partial charge in [-0.15, -0.1) is 5.10 Å². The second-order valence-corrected chi connectivity index (χ2v) is 11.5. The number of H-pyrrole nitrogens is 1. The highest BCUT2D eigenvalue weighted by Gasteiger charge is 2.29. The molecule has 11 nitrogen and oxygen atoms in total. The van der Waals surface area contributed by atoms with Crippen molar-refractivity contribution in [1.29, 1.82) is 0 Å². The van der Waals surface area contributed by atoms with Gasteiger partial charge in [0.1, 0.15) is 10.8 Å². The fraction of sp³-hybridized carbons (Fsp3) is 0.385. The number of aromatic nitrogens is 4. The second-order valence-electron chi connectivity index (χ2n) is 10.2. The van der Waals surface area contributed by atoms with Crippen molar-refractivity contribution >= 4 is 38.9 Å². The number of amides is 1. The third kappa shape index (κ3) is 4.38. The van der Waals surface area contributed by atoms with Crippen LogP contribution in [0.1, 0.15) is 11.1 Å². The molecule has 4 aromatic rings. The number of fused-ring (bicyclic) bond motifs is 3. The minimum atomic E-state index is -1.60. The van der Waals surface area contributed by atoms with Gasteiger partial charge in [-0.2, -0.15) is 4.98 Å². The first-order valence-electron chi connectivity index (χ1n) is 12.7. The molecule has 12 heteroatoms. The lowest BCUT2D eigenvalue weighted by molar-refractivity contribution is -0.136. The number of aryl methyl sites for hydroxylation is 2. The number of carbonyl (C=O) groups excluding carboxylic acids is 1. The van der Waals surface area contributed by atoms with Crippen molar-refractivity contribution in [2.45, 2.75) is 29.8 Å². The molecule has 2 aromatic heterocycles. The number of hydrogen-bond acceptors (Lipinski definition) is 8. The maximum Gasteiger partial charge on any atom is 0.281 e. The average Bonchev–Trinajstić information content (AvgIpc) is 3.30. The number of likely N-dealkylation sites (tertiary alicyclic amines) is 1. The van der Waals surface area contributed by atoms with Gasteiger partial charge in [0.2, 0.25) is 5.91 Å². The zero-order valence-corrected chi connectivity index (χ0v) is 22.2. The number of nitrogens with two attached hydrogens (primary N) is 1. The first kappa shape index (κ1) is 24.7. The molecule has 2 fully saturated rings. The summed E-state index contributed by atoms with van der Waals surface area (Å²) in [4.78, 5) is 36.4. The zero-order valence-electron chi connectivity index (χ0n) is 21.4. The Labute approximate surface area is 221 Å². The summed E-state index contributed by atoms with van der Waals surface area (Å²) in [6.45, 7) is 8.63. The van der Waals surface area contributed by atoms with Gasteiger partial charge in [-0.05, 0) is 43.7 Å². The van der Waals surface area contributed by atoms with Gasteiger partial charge in [-0.25, -0.2) is 13.9 Å². The van der Waals surface area contributed by atoms with Gasteiger partial charge in [0.15, 0.2) is 10.7 Å². The van der Waals surface area contributed by atoms with Gasteiger partial charge in [0.25, 0.3) is 5.56 Å². The number of benzene rings is 2. The summed E-state index contributed by atoms with van der Waals surface area (Å²) in [5.74, 6) is 0.133. The van der Waals surface area contributed by atoms with Crippen LogP contribution >= 0.6 is 0 Å². The molecule has 1 atom stereocenters. The van der Waals surface area contributed by atoms with Crippen molar-refractivity contribution in [3.8, 4) is 0 Å². The van der Waals surface area contributed by atoms with E-state index >= 15 is 0 Å². The number of piperazine rings is 1. The van der Waals surface area contributed by atoms with Gasteiger partial charge in [0.05, 0.1) is 17.4 Å². The highest BCUT2D eigenvalue weighted by atomic mass is 32.2. The van der Waals surface area contributed by atoms with E-state index in [0.29, 0.717) is 35.4 Å². The molecule has 4 heterocycles. The summed E-state index contributed by atoms with van der Waals surface area (Å²) in [6, 6.07) is 11.5. The lowest BCUT2D eigenvalue weighted by atomic mass is 10.1. The molecule has 1 unspecified atom stereocenters. The van der Waals surface area contributed by atoms with Crippen LogP contribution in [0.2, 0.25) is 0 Å². The fourth-order valence-corrected chi connectivity index (χ4v) is 6.38. The van der Waals surface area contributed by atoms with Gasteiger partial charge in [0, 0.05) is 55.9 Å². The summed E-state index contributed by atoms with van der Waals surface area (Å²) in [5.41, 5.74) is 9.23. The average molecular weight is 535 g/mol. The lowest BCUT2D eigenvalue weighted by Gasteiger charge is -2.40. The van der Waals surface area contributed by atoms with E-state index in [1.807, 2.05) is 49.1 Å². The number of rotatable bonds is 5. The molecule has 0 bridgehead atoms. The molecule has 2 aliphatic rings. The van der Waals surface area contributed by atoms with Crippen molar-refractivity contribution < 1.29 is 9.00 Å². The Morgan fingerprint density at radius 1 is 1.11 bits per heavy atom. The van der Waals surface area contributed by atoms with Crippen LogP contribution in [0.25, 0.3) is 16.6 Å². The van der Waals surface area contributed by atoms with Crippen LogP contribution in [0, 0.1) is 13.8 Å². The summed E-state index contributed by atoms with van der Waals surface area (Å²) in [5, 5.41) is 7.91. The molecular weight excluding hydrogens is 504 g/mol. The van der Waals surface area contributed by atoms with Crippen molar-refractivity contribution in [3.05, 3.63) is 57.9 Å². The third-order valence-electron chi connectivity index (χ3n) is 7.38.